The van der Waals surface area contributed by atoms with Gasteiger partial charge in [0.15, 0.2) is 23.1 Å². The number of aryl methyl sites for hydroxylation is 1. The van der Waals surface area contributed by atoms with Crippen LogP contribution in [0.5, 0.6) is 11.5 Å². The van der Waals surface area contributed by atoms with Crippen LogP contribution in [0.2, 0.25) is 0 Å². The first-order valence-corrected chi connectivity index (χ1v) is 7.38. The zero-order chi connectivity index (χ0) is 15.2. The van der Waals surface area contributed by atoms with Gasteiger partial charge in [-0.15, -0.1) is 0 Å². The molecule has 0 bridgehead atoms. The summed E-state index contributed by atoms with van der Waals surface area (Å²) >= 11 is 1.64. The Bertz CT molecular complexity index is 662. The molecule has 0 atom stereocenters. The number of hydrogen-bond donors (Lipinski definition) is 0. The van der Waals surface area contributed by atoms with Gasteiger partial charge in [0.25, 0.3) is 5.01 Å². The van der Waals surface area contributed by atoms with Crippen LogP contribution in [0, 0.1) is 6.92 Å². The summed E-state index contributed by atoms with van der Waals surface area (Å²) in [6.45, 7) is 6.45. The van der Waals surface area contributed by atoms with Crippen LogP contribution in [0.25, 0.3) is 12.2 Å². The minimum absolute atomic E-state index is 0.694. The third-order valence-electron chi connectivity index (χ3n) is 2.91. The fourth-order valence-corrected chi connectivity index (χ4v) is 2.82. The van der Waals surface area contributed by atoms with E-state index in [9.17, 15) is 0 Å². The van der Waals surface area contributed by atoms with E-state index in [2.05, 4.69) is 11.7 Å². The van der Waals surface area contributed by atoms with Crippen molar-refractivity contribution in [3.05, 3.63) is 46.4 Å². The third kappa shape index (κ3) is 3.49. The van der Waals surface area contributed by atoms with Crippen LogP contribution in [-0.4, -0.2) is 19.3 Å². The van der Waals surface area contributed by atoms with E-state index >= 15 is 0 Å². The van der Waals surface area contributed by atoms with Crippen LogP contribution in [-0.2, 0) is 6.54 Å². The van der Waals surface area contributed by atoms with E-state index in [1.54, 1.807) is 25.6 Å². The Kier molecular flexibility index (Phi) is 5.11. The first-order valence-electron chi connectivity index (χ1n) is 6.57. The van der Waals surface area contributed by atoms with Gasteiger partial charge in [-0.3, -0.25) is 0 Å². The van der Waals surface area contributed by atoms with Crippen LogP contribution in [0.3, 0.4) is 0 Å². The van der Waals surface area contributed by atoms with Gasteiger partial charge in [-0.1, -0.05) is 23.4 Å². The van der Waals surface area contributed by atoms with Gasteiger partial charge in [0.05, 0.1) is 14.2 Å². The van der Waals surface area contributed by atoms with Crippen molar-refractivity contribution in [1.82, 2.24) is 5.10 Å². The molecule has 0 aliphatic rings. The Balaban J connectivity index is 2.35. The zero-order valence-corrected chi connectivity index (χ0v) is 13.3. The molecule has 110 valence electrons. The lowest BCUT2D eigenvalue weighted by atomic mass is 10.1. The molecule has 1 heterocycles. The van der Waals surface area contributed by atoms with Crippen LogP contribution in [0.4, 0.5) is 0 Å². The highest BCUT2D eigenvalue weighted by atomic mass is 32.1. The molecule has 0 saturated heterocycles. The average Bonchev–Trinajstić information content (AvgIpc) is 2.84. The Labute approximate surface area is 129 Å². The van der Waals surface area contributed by atoms with E-state index in [0.29, 0.717) is 6.54 Å². The SMILES string of the molecule is C=CC[n+]1nc(C)sc1/C=C/c1cccc(OC)c1OC. The lowest BCUT2D eigenvalue weighted by molar-refractivity contribution is -0.741. The molecule has 21 heavy (non-hydrogen) atoms. The van der Waals surface area contributed by atoms with E-state index in [1.165, 1.54) is 0 Å². The summed E-state index contributed by atoms with van der Waals surface area (Å²) in [6, 6.07) is 5.81. The van der Waals surface area contributed by atoms with E-state index in [4.69, 9.17) is 9.47 Å². The number of aromatic nitrogens is 2. The third-order valence-corrected chi connectivity index (χ3v) is 3.84. The van der Waals surface area contributed by atoms with Gasteiger partial charge >= 0.3 is 0 Å². The van der Waals surface area contributed by atoms with Gasteiger partial charge in [-0.05, 0) is 36.5 Å². The van der Waals surface area contributed by atoms with E-state index in [1.807, 2.05) is 48.0 Å². The molecule has 0 saturated carbocycles. The largest absolute Gasteiger partial charge is 0.493 e. The average molecular weight is 303 g/mol. The lowest BCUT2D eigenvalue weighted by Crippen LogP contribution is -2.37. The molecule has 0 aliphatic carbocycles. The van der Waals surface area contributed by atoms with Gasteiger partial charge in [0.2, 0.25) is 0 Å². The Morgan fingerprint density at radius 3 is 2.76 bits per heavy atom. The normalized spacial score (nSPS) is 10.8. The lowest BCUT2D eigenvalue weighted by Gasteiger charge is -2.09. The predicted molar refractivity (Wildman–Crippen MR) is 85.7 cm³/mol. The van der Waals surface area contributed by atoms with Crippen LogP contribution in [0.1, 0.15) is 15.6 Å². The van der Waals surface area contributed by atoms with Crippen molar-refractivity contribution in [3.63, 3.8) is 0 Å². The van der Waals surface area contributed by atoms with Crippen LogP contribution >= 0.6 is 11.3 Å². The molecule has 5 heteroatoms. The molecule has 0 spiro atoms. The second-order valence-corrected chi connectivity index (χ2v) is 5.56. The van der Waals surface area contributed by atoms with Gasteiger partial charge in [-0.2, -0.15) is 0 Å². The monoisotopic (exact) mass is 303 g/mol. The van der Waals surface area contributed by atoms with E-state index in [0.717, 1.165) is 27.1 Å². The van der Waals surface area contributed by atoms with Crippen molar-refractivity contribution >= 4 is 23.5 Å². The maximum absolute atomic E-state index is 5.43. The second kappa shape index (κ2) is 7.04. The van der Waals surface area contributed by atoms with E-state index < -0.39 is 0 Å². The Hall–Kier alpha value is -2.14. The molecule has 2 aromatic rings. The van der Waals surface area contributed by atoms with Crippen LogP contribution in [0.15, 0.2) is 30.9 Å². The van der Waals surface area contributed by atoms with Gasteiger partial charge < -0.3 is 9.47 Å². The Morgan fingerprint density at radius 1 is 1.29 bits per heavy atom. The first-order chi connectivity index (χ1) is 10.2. The molecule has 1 aromatic heterocycles. The van der Waals surface area contributed by atoms with Crippen molar-refractivity contribution in [2.45, 2.75) is 13.5 Å². The molecule has 0 radical (unpaired) electrons. The molecule has 1 aromatic carbocycles. The van der Waals surface area contributed by atoms with Gasteiger partial charge in [0.1, 0.15) is 0 Å². The minimum atomic E-state index is 0.694. The van der Waals surface area contributed by atoms with E-state index in [-0.39, 0.29) is 0 Å². The maximum atomic E-state index is 5.43. The number of nitrogens with zero attached hydrogens (tertiary/aromatic N) is 2. The van der Waals surface area contributed by atoms with Crippen molar-refractivity contribution in [2.24, 2.45) is 0 Å². The number of allylic oxidation sites excluding steroid dienone is 1. The molecule has 0 aliphatic heterocycles. The standard InChI is InChI=1S/C16H19N2O2S/c1-5-11-18-15(21-12(2)17-18)10-9-13-7-6-8-14(19-3)16(13)20-4/h5-10H,1,11H2,2-4H3/q+1/b10-9+. The van der Waals surface area contributed by atoms with Crippen molar-refractivity contribution < 1.29 is 14.2 Å². The number of methoxy groups -OCH3 is 2. The van der Waals surface area contributed by atoms with Crippen molar-refractivity contribution in [1.29, 1.82) is 0 Å². The molecule has 0 N–H and O–H groups in total. The molecule has 4 nitrogen and oxygen atoms in total. The molecular formula is C16H19N2O2S+. The fraction of sp³-hybridized carbons (Fsp3) is 0.250. The van der Waals surface area contributed by atoms with Crippen molar-refractivity contribution in [2.75, 3.05) is 14.2 Å². The molecular weight excluding hydrogens is 284 g/mol. The number of hydrogen-bond acceptors (Lipinski definition) is 4. The maximum Gasteiger partial charge on any atom is 0.289 e. The second-order valence-electron chi connectivity index (χ2n) is 4.35. The highest BCUT2D eigenvalue weighted by molar-refractivity contribution is 7.11. The highest BCUT2D eigenvalue weighted by Gasteiger charge is 2.14. The van der Waals surface area contributed by atoms with Gasteiger partial charge in [-0.25, -0.2) is 0 Å². The van der Waals surface area contributed by atoms with Crippen molar-refractivity contribution in [3.8, 4) is 11.5 Å². The zero-order valence-electron chi connectivity index (χ0n) is 12.5. The molecule has 2 rings (SSSR count). The number of benzene rings is 1. The summed E-state index contributed by atoms with van der Waals surface area (Å²) in [5.74, 6) is 1.45. The molecule has 0 fully saturated rings. The summed E-state index contributed by atoms with van der Waals surface area (Å²) in [7, 11) is 3.28. The molecule has 0 unspecified atom stereocenters. The molecule has 0 amide bonds. The first kappa shape index (κ1) is 15.3. The minimum Gasteiger partial charge on any atom is -0.493 e. The highest BCUT2D eigenvalue weighted by Crippen LogP contribution is 2.31. The summed E-state index contributed by atoms with van der Waals surface area (Å²) in [6.07, 6.45) is 5.88. The van der Waals surface area contributed by atoms with Gasteiger partial charge in [0, 0.05) is 16.7 Å². The number of para-hydroxylation sites is 1. The summed E-state index contributed by atoms with van der Waals surface area (Å²) < 4.78 is 12.7. The topological polar surface area (TPSA) is 35.2 Å². The summed E-state index contributed by atoms with van der Waals surface area (Å²) in [5.41, 5.74) is 0.966. The fourth-order valence-electron chi connectivity index (χ4n) is 2.02. The Morgan fingerprint density at radius 2 is 2.10 bits per heavy atom. The quantitative estimate of drug-likeness (QED) is 0.607. The number of rotatable bonds is 6. The smallest absolute Gasteiger partial charge is 0.289 e. The van der Waals surface area contributed by atoms with Crippen LogP contribution < -0.4 is 14.2 Å². The summed E-state index contributed by atoms with van der Waals surface area (Å²) in [4.78, 5) is 0. The predicted octanol–water partition coefficient (Wildman–Crippen LogP) is 3.11. The number of ether oxygens (including phenoxy) is 2. The summed E-state index contributed by atoms with van der Waals surface area (Å²) in [5, 5.41) is 6.53.